The molecule has 3 aromatic rings. The third kappa shape index (κ3) is 5.55. The van der Waals surface area contributed by atoms with Crippen molar-refractivity contribution in [3.05, 3.63) is 48.0 Å². The largest absolute Gasteiger partial charge is 0.481 e. The molecule has 196 valence electrons. The summed E-state index contributed by atoms with van der Waals surface area (Å²) >= 11 is 0. The number of rotatable bonds is 6. The highest BCUT2D eigenvalue weighted by Crippen LogP contribution is 2.40. The molecule has 11 heteroatoms. The van der Waals surface area contributed by atoms with Crippen LogP contribution in [0, 0.1) is 5.92 Å². The van der Waals surface area contributed by atoms with E-state index in [1.54, 1.807) is 17.0 Å². The molecule has 1 aliphatic carbocycles. The van der Waals surface area contributed by atoms with Crippen LogP contribution in [-0.4, -0.2) is 46.5 Å². The Balaban J connectivity index is 1.32. The minimum Gasteiger partial charge on any atom is -0.481 e. The number of carbonyl (C=O) groups is 1. The molecule has 2 aromatic carbocycles. The van der Waals surface area contributed by atoms with Crippen LogP contribution in [0.15, 0.2) is 47.0 Å². The number of aliphatic carboxylic acids is 1. The van der Waals surface area contributed by atoms with Gasteiger partial charge in [-0.15, -0.1) is 0 Å². The number of alkyl halides is 4. The number of carboxylic acid groups (broad SMARTS) is 1. The van der Waals surface area contributed by atoms with E-state index in [0.717, 1.165) is 18.2 Å². The van der Waals surface area contributed by atoms with Gasteiger partial charge in [0.1, 0.15) is 6.17 Å². The van der Waals surface area contributed by atoms with Gasteiger partial charge in [0.25, 0.3) is 5.89 Å². The van der Waals surface area contributed by atoms with Gasteiger partial charge < -0.3 is 19.8 Å². The molecule has 1 aromatic heterocycles. The van der Waals surface area contributed by atoms with Crippen molar-refractivity contribution in [1.29, 1.82) is 0 Å². The third-order valence-electron chi connectivity index (χ3n) is 7.04. The van der Waals surface area contributed by atoms with Crippen molar-refractivity contribution in [2.24, 2.45) is 5.92 Å². The number of hydrogen-bond donors (Lipinski definition) is 2. The molecule has 2 N–H and O–H groups in total. The first kappa shape index (κ1) is 25.0. The summed E-state index contributed by atoms with van der Waals surface area (Å²) in [4.78, 5) is 17.0. The van der Waals surface area contributed by atoms with Gasteiger partial charge in [-0.05, 0) is 74.6 Å². The van der Waals surface area contributed by atoms with E-state index in [-0.39, 0.29) is 60.9 Å². The summed E-state index contributed by atoms with van der Waals surface area (Å²) in [5, 5.41) is 16.4. The van der Waals surface area contributed by atoms with Crippen LogP contribution in [0.25, 0.3) is 22.8 Å². The van der Waals surface area contributed by atoms with E-state index in [1.807, 2.05) is 12.1 Å². The summed E-state index contributed by atoms with van der Waals surface area (Å²) in [5.41, 5.74) is 0.787. The van der Waals surface area contributed by atoms with E-state index in [0.29, 0.717) is 18.4 Å². The summed E-state index contributed by atoms with van der Waals surface area (Å²) in [5.74, 6) is -0.911. The fourth-order valence-corrected chi connectivity index (χ4v) is 5.01. The van der Waals surface area contributed by atoms with Crippen molar-refractivity contribution >= 4 is 17.3 Å². The molecule has 0 spiro atoms. The number of nitrogens with zero attached hydrogens (tertiary/aromatic N) is 3. The second-order valence-corrected chi connectivity index (χ2v) is 9.58. The van der Waals surface area contributed by atoms with Crippen LogP contribution < -0.4 is 10.2 Å². The molecule has 7 nitrogen and oxygen atoms in total. The van der Waals surface area contributed by atoms with E-state index in [2.05, 4.69) is 15.5 Å². The van der Waals surface area contributed by atoms with Crippen LogP contribution in [0.4, 0.5) is 28.9 Å². The molecule has 0 bridgehead atoms. The highest BCUT2D eigenvalue weighted by Gasteiger charge is 2.36. The summed E-state index contributed by atoms with van der Waals surface area (Å²) in [6, 6.07) is 11.1. The molecule has 0 radical (unpaired) electrons. The third-order valence-corrected chi connectivity index (χ3v) is 7.04. The molecule has 2 aliphatic rings. The Hall–Kier alpha value is -3.63. The van der Waals surface area contributed by atoms with Gasteiger partial charge in [-0.3, -0.25) is 4.79 Å². The standard InChI is InChI=1S/C26H26F4N4O3/c27-18-9-11-34(12-10-18)22-8-4-16(14-21(22)26(28,29)30)23-32-24(37-33-23)15-1-5-19(6-2-15)31-20-7-3-17(13-20)25(35)36/h1-2,4-6,8,14,17-18,20,31H,3,7,9-13H2,(H,35,36)/t17-,20-/m0/s1. The first-order chi connectivity index (χ1) is 17.7. The molecule has 0 amide bonds. The summed E-state index contributed by atoms with van der Waals surface area (Å²) in [7, 11) is 0. The molecular formula is C26H26F4N4O3. The maximum absolute atomic E-state index is 13.9. The minimum absolute atomic E-state index is 0.0203. The van der Waals surface area contributed by atoms with Gasteiger partial charge in [0.15, 0.2) is 0 Å². The Morgan fingerprint density at radius 3 is 2.38 bits per heavy atom. The van der Waals surface area contributed by atoms with Gasteiger partial charge in [-0.2, -0.15) is 18.2 Å². The van der Waals surface area contributed by atoms with E-state index < -0.39 is 23.9 Å². The zero-order valence-electron chi connectivity index (χ0n) is 19.8. The predicted molar refractivity (Wildman–Crippen MR) is 129 cm³/mol. The van der Waals surface area contributed by atoms with Crippen molar-refractivity contribution in [2.45, 2.75) is 50.5 Å². The monoisotopic (exact) mass is 518 g/mol. The maximum Gasteiger partial charge on any atom is 0.418 e. The maximum atomic E-state index is 13.9. The van der Waals surface area contributed by atoms with Crippen LogP contribution >= 0.6 is 0 Å². The number of hydrogen-bond acceptors (Lipinski definition) is 6. The normalized spacial score (nSPS) is 20.8. The Morgan fingerprint density at radius 2 is 1.73 bits per heavy atom. The average Bonchev–Trinajstić information content (AvgIpc) is 3.55. The quantitative estimate of drug-likeness (QED) is 0.385. The second-order valence-electron chi connectivity index (χ2n) is 9.58. The van der Waals surface area contributed by atoms with E-state index in [1.165, 1.54) is 12.1 Å². The van der Waals surface area contributed by atoms with Crippen molar-refractivity contribution in [3.63, 3.8) is 0 Å². The summed E-state index contributed by atoms with van der Waals surface area (Å²) in [6.45, 7) is 0.448. The van der Waals surface area contributed by atoms with Gasteiger partial charge in [0.05, 0.1) is 11.5 Å². The number of nitrogens with one attached hydrogen (secondary N) is 1. The Morgan fingerprint density at radius 1 is 1.03 bits per heavy atom. The Kier molecular flexibility index (Phi) is 6.78. The van der Waals surface area contributed by atoms with Crippen molar-refractivity contribution in [2.75, 3.05) is 23.3 Å². The second kappa shape index (κ2) is 10.0. The number of carboxylic acids is 1. The number of halogens is 4. The lowest BCUT2D eigenvalue weighted by molar-refractivity contribution is -0.141. The van der Waals surface area contributed by atoms with Crippen molar-refractivity contribution < 1.29 is 32.0 Å². The highest BCUT2D eigenvalue weighted by molar-refractivity contribution is 5.71. The Labute approximate surface area is 210 Å². The van der Waals surface area contributed by atoms with Gasteiger partial charge in [0, 0.05) is 41.6 Å². The van der Waals surface area contributed by atoms with Gasteiger partial charge in [-0.25, -0.2) is 4.39 Å². The highest BCUT2D eigenvalue weighted by atomic mass is 19.4. The number of anilines is 2. The molecule has 1 saturated heterocycles. The lowest BCUT2D eigenvalue weighted by atomic mass is 10.0. The van der Waals surface area contributed by atoms with Crippen molar-refractivity contribution in [3.8, 4) is 22.8 Å². The molecule has 2 atom stereocenters. The van der Waals surface area contributed by atoms with E-state index in [9.17, 15) is 22.4 Å². The van der Waals surface area contributed by atoms with Crippen LogP contribution in [0.1, 0.15) is 37.7 Å². The zero-order valence-corrected chi connectivity index (χ0v) is 19.8. The van der Waals surface area contributed by atoms with Crippen LogP contribution in [0.3, 0.4) is 0 Å². The summed E-state index contributed by atoms with van der Waals surface area (Å²) < 4.78 is 60.5. The first-order valence-corrected chi connectivity index (χ1v) is 12.2. The average molecular weight is 519 g/mol. The predicted octanol–water partition coefficient (Wildman–Crippen LogP) is 6.03. The molecule has 2 fully saturated rings. The fraction of sp³-hybridized carbons (Fsp3) is 0.423. The molecular weight excluding hydrogens is 492 g/mol. The van der Waals surface area contributed by atoms with E-state index in [4.69, 9.17) is 9.63 Å². The topological polar surface area (TPSA) is 91.5 Å². The zero-order chi connectivity index (χ0) is 26.2. The van der Waals surface area contributed by atoms with Gasteiger partial charge in [-0.1, -0.05) is 5.16 Å². The van der Waals surface area contributed by atoms with Gasteiger partial charge >= 0.3 is 12.1 Å². The molecule has 37 heavy (non-hydrogen) atoms. The molecule has 1 saturated carbocycles. The number of aromatic nitrogens is 2. The van der Waals surface area contributed by atoms with Gasteiger partial charge in [0.2, 0.25) is 5.82 Å². The number of benzene rings is 2. The minimum atomic E-state index is -4.60. The summed E-state index contributed by atoms with van der Waals surface area (Å²) in [6.07, 6.45) is -3.20. The van der Waals surface area contributed by atoms with Crippen molar-refractivity contribution in [1.82, 2.24) is 10.1 Å². The lowest BCUT2D eigenvalue weighted by Crippen LogP contribution is -2.35. The lowest BCUT2D eigenvalue weighted by Gasteiger charge is -2.32. The molecule has 2 heterocycles. The van der Waals surface area contributed by atoms with Crippen LogP contribution in [-0.2, 0) is 11.0 Å². The molecule has 5 rings (SSSR count). The molecule has 0 unspecified atom stereocenters. The van der Waals surface area contributed by atoms with Crippen LogP contribution in [0.2, 0.25) is 0 Å². The SMILES string of the molecule is O=C(O)[C@H]1CC[C@H](Nc2ccc(-c3nc(-c4ccc(N5CCC(F)CC5)c(C(F)(F)F)c4)no3)cc2)C1. The van der Waals surface area contributed by atoms with Crippen LogP contribution in [0.5, 0.6) is 0 Å². The first-order valence-electron chi connectivity index (χ1n) is 12.2. The smallest absolute Gasteiger partial charge is 0.418 e. The fourth-order valence-electron chi connectivity index (χ4n) is 5.01. The van der Waals surface area contributed by atoms with E-state index >= 15 is 0 Å². The Bertz CT molecular complexity index is 1250. The molecule has 1 aliphatic heterocycles. The number of piperidine rings is 1.